The molecule has 2 rings (SSSR count). The molecule has 0 atom stereocenters. The molecule has 0 fully saturated rings. The number of para-hydroxylation sites is 1. The van der Waals surface area contributed by atoms with E-state index < -0.39 is 0 Å². The molecule has 1 heterocycles. The molecule has 0 saturated heterocycles. The predicted molar refractivity (Wildman–Crippen MR) is 81.9 cm³/mol. The maximum atomic E-state index is 5.74. The Balaban J connectivity index is 2.34. The molecule has 2 aromatic rings. The fourth-order valence-corrected chi connectivity index (χ4v) is 2.22. The van der Waals surface area contributed by atoms with E-state index in [0.29, 0.717) is 13.2 Å². The third-order valence-corrected chi connectivity index (χ3v) is 3.17. The van der Waals surface area contributed by atoms with E-state index in [2.05, 4.69) is 25.9 Å². The van der Waals surface area contributed by atoms with Gasteiger partial charge in [-0.15, -0.1) is 0 Å². The van der Waals surface area contributed by atoms with Crippen LogP contribution in [-0.4, -0.2) is 30.3 Å². The molecule has 5 heteroatoms. The van der Waals surface area contributed by atoms with Crippen LogP contribution in [0.25, 0.3) is 11.3 Å². The summed E-state index contributed by atoms with van der Waals surface area (Å²) in [6.07, 6.45) is 0.791. The number of rotatable bonds is 6. The second-order valence-corrected chi connectivity index (χ2v) is 5.00. The molecule has 1 aromatic carbocycles. The molecule has 20 heavy (non-hydrogen) atoms. The standard InChI is InChI=1S/C15H17BrN2O2/c1-3-15-17-12(10-14(16)18-15)11-6-4-5-7-13(11)20-9-8-19-2/h4-7,10H,3,8-9H2,1-2H3. The predicted octanol–water partition coefficient (Wildman–Crippen LogP) is 3.49. The van der Waals surface area contributed by atoms with Gasteiger partial charge in [-0.25, -0.2) is 9.97 Å². The van der Waals surface area contributed by atoms with Crippen LogP contribution < -0.4 is 4.74 Å². The van der Waals surface area contributed by atoms with Crippen molar-refractivity contribution in [3.8, 4) is 17.0 Å². The van der Waals surface area contributed by atoms with Crippen molar-refractivity contribution >= 4 is 15.9 Å². The summed E-state index contributed by atoms with van der Waals surface area (Å²) in [7, 11) is 1.66. The normalized spacial score (nSPS) is 10.6. The summed E-state index contributed by atoms with van der Waals surface area (Å²) in [6.45, 7) is 3.11. The highest BCUT2D eigenvalue weighted by Gasteiger charge is 2.09. The number of hydrogen-bond donors (Lipinski definition) is 0. The highest BCUT2D eigenvalue weighted by Crippen LogP contribution is 2.29. The lowest BCUT2D eigenvalue weighted by atomic mass is 10.1. The van der Waals surface area contributed by atoms with Gasteiger partial charge in [0.05, 0.1) is 12.3 Å². The Morgan fingerprint density at radius 3 is 2.70 bits per heavy atom. The van der Waals surface area contributed by atoms with Gasteiger partial charge >= 0.3 is 0 Å². The summed E-state index contributed by atoms with van der Waals surface area (Å²) in [5, 5.41) is 0. The second kappa shape index (κ2) is 7.36. The molecule has 0 aliphatic heterocycles. The molecule has 106 valence electrons. The van der Waals surface area contributed by atoms with Crippen LogP contribution in [0.5, 0.6) is 5.75 Å². The van der Waals surface area contributed by atoms with Crippen LogP contribution in [0.15, 0.2) is 34.9 Å². The molecule has 0 unspecified atom stereocenters. The molecular formula is C15H17BrN2O2. The number of benzene rings is 1. The summed E-state index contributed by atoms with van der Waals surface area (Å²) < 4.78 is 11.5. The minimum absolute atomic E-state index is 0.514. The average Bonchev–Trinajstić information content (AvgIpc) is 2.47. The first-order valence-corrected chi connectivity index (χ1v) is 7.28. The Morgan fingerprint density at radius 1 is 1.15 bits per heavy atom. The maximum absolute atomic E-state index is 5.74. The van der Waals surface area contributed by atoms with E-state index in [-0.39, 0.29) is 0 Å². The molecule has 0 bridgehead atoms. The smallest absolute Gasteiger partial charge is 0.130 e. The van der Waals surface area contributed by atoms with Crippen molar-refractivity contribution in [1.82, 2.24) is 9.97 Å². The van der Waals surface area contributed by atoms with Gasteiger partial charge in [-0.1, -0.05) is 19.1 Å². The first kappa shape index (κ1) is 14.9. The molecule has 0 aliphatic rings. The Bertz CT molecular complexity index is 576. The van der Waals surface area contributed by atoms with E-state index in [9.17, 15) is 0 Å². The molecule has 0 amide bonds. The van der Waals surface area contributed by atoms with Crippen molar-refractivity contribution in [1.29, 1.82) is 0 Å². The van der Waals surface area contributed by atoms with Crippen molar-refractivity contribution in [2.75, 3.05) is 20.3 Å². The first-order valence-electron chi connectivity index (χ1n) is 6.49. The molecule has 0 aliphatic carbocycles. The summed E-state index contributed by atoms with van der Waals surface area (Å²) in [5.74, 6) is 1.61. The summed E-state index contributed by atoms with van der Waals surface area (Å²) >= 11 is 3.43. The molecule has 0 radical (unpaired) electrons. The SMILES string of the molecule is CCc1nc(Br)cc(-c2ccccc2OCCOC)n1. The number of aromatic nitrogens is 2. The average molecular weight is 337 g/mol. The monoisotopic (exact) mass is 336 g/mol. The van der Waals surface area contributed by atoms with E-state index in [1.165, 1.54) is 0 Å². The minimum Gasteiger partial charge on any atom is -0.490 e. The second-order valence-electron chi connectivity index (χ2n) is 4.18. The van der Waals surface area contributed by atoms with Crippen molar-refractivity contribution in [2.45, 2.75) is 13.3 Å². The zero-order valence-corrected chi connectivity index (χ0v) is 13.2. The van der Waals surface area contributed by atoms with Crippen LogP contribution in [0.1, 0.15) is 12.7 Å². The largest absolute Gasteiger partial charge is 0.490 e. The van der Waals surface area contributed by atoms with Crippen molar-refractivity contribution < 1.29 is 9.47 Å². The van der Waals surface area contributed by atoms with E-state index >= 15 is 0 Å². The Labute approximate surface area is 127 Å². The van der Waals surface area contributed by atoms with Crippen molar-refractivity contribution in [3.63, 3.8) is 0 Å². The van der Waals surface area contributed by atoms with E-state index in [4.69, 9.17) is 9.47 Å². The number of halogens is 1. The lowest BCUT2D eigenvalue weighted by Gasteiger charge is -2.11. The third kappa shape index (κ3) is 3.77. The van der Waals surface area contributed by atoms with E-state index in [1.54, 1.807) is 7.11 Å². The summed E-state index contributed by atoms with van der Waals surface area (Å²) in [6, 6.07) is 9.75. The summed E-state index contributed by atoms with van der Waals surface area (Å²) in [4.78, 5) is 8.89. The van der Waals surface area contributed by atoms with Gasteiger partial charge in [0.1, 0.15) is 22.8 Å². The van der Waals surface area contributed by atoms with Crippen LogP contribution >= 0.6 is 15.9 Å². The molecule has 1 aromatic heterocycles. The van der Waals surface area contributed by atoms with Crippen LogP contribution in [-0.2, 0) is 11.2 Å². The number of aryl methyl sites for hydroxylation is 1. The molecule has 4 nitrogen and oxygen atoms in total. The Morgan fingerprint density at radius 2 is 1.95 bits per heavy atom. The molecule has 0 saturated carbocycles. The fourth-order valence-electron chi connectivity index (χ4n) is 1.80. The van der Waals surface area contributed by atoms with Gasteiger partial charge < -0.3 is 9.47 Å². The van der Waals surface area contributed by atoms with E-state index in [0.717, 1.165) is 33.9 Å². The van der Waals surface area contributed by atoms with Gasteiger partial charge in [0.15, 0.2) is 0 Å². The first-order chi connectivity index (χ1) is 9.74. The van der Waals surface area contributed by atoms with Gasteiger partial charge in [-0.2, -0.15) is 0 Å². The summed E-state index contributed by atoms with van der Waals surface area (Å²) in [5.41, 5.74) is 1.82. The van der Waals surface area contributed by atoms with Gasteiger partial charge in [-0.05, 0) is 34.1 Å². The molecular weight excluding hydrogens is 320 g/mol. The van der Waals surface area contributed by atoms with Crippen LogP contribution in [0, 0.1) is 0 Å². The zero-order valence-electron chi connectivity index (χ0n) is 11.6. The lowest BCUT2D eigenvalue weighted by molar-refractivity contribution is 0.146. The van der Waals surface area contributed by atoms with Gasteiger partial charge in [0.25, 0.3) is 0 Å². The number of methoxy groups -OCH3 is 1. The topological polar surface area (TPSA) is 44.2 Å². The highest BCUT2D eigenvalue weighted by atomic mass is 79.9. The quantitative estimate of drug-likeness (QED) is 0.598. The Hall–Kier alpha value is -1.46. The van der Waals surface area contributed by atoms with Crippen LogP contribution in [0.2, 0.25) is 0 Å². The number of hydrogen-bond acceptors (Lipinski definition) is 4. The Kier molecular flexibility index (Phi) is 5.49. The van der Waals surface area contributed by atoms with Gasteiger partial charge in [0.2, 0.25) is 0 Å². The maximum Gasteiger partial charge on any atom is 0.130 e. The van der Waals surface area contributed by atoms with Crippen LogP contribution in [0.3, 0.4) is 0 Å². The third-order valence-electron chi connectivity index (χ3n) is 2.77. The number of ether oxygens (including phenoxy) is 2. The lowest BCUT2D eigenvalue weighted by Crippen LogP contribution is -2.05. The fraction of sp³-hybridized carbons (Fsp3) is 0.333. The molecule has 0 N–H and O–H groups in total. The van der Waals surface area contributed by atoms with Gasteiger partial charge in [0, 0.05) is 19.1 Å². The van der Waals surface area contributed by atoms with Crippen molar-refractivity contribution in [2.24, 2.45) is 0 Å². The minimum atomic E-state index is 0.514. The van der Waals surface area contributed by atoms with Gasteiger partial charge in [-0.3, -0.25) is 0 Å². The number of nitrogens with zero attached hydrogens (tertiary/aromatic N) is 2. The highest BCUT2D eigenvalue weighted by molar-refractivity contribution is 9.10. The zero-order chi connectivity index (χ0) is 14.4. The molecule has 0 spiro atoms. The van der Waals surface area contributed by atoms with Crippen LogP contribution in [0.4, 0.5) is 0 Å². The van der Waals surface area contributed by atoms with Crippen molar-refractivity contribution in [3.05, 3.63) is 40.8 Å². The van der Waals surface area contributed by atoms with E-state index in [1.807, 2.05) is 37.3 Å².